The third-order valence-corrected chi connectivity index (χ3v) is 3.47. The van der Waals surface area contributed by atoms with Crippen LogP contribution in [0.15, 0.2) is 27.8 Å². The zero-order valence-electron chi connectivity index (χ0n) is 11.9. The van der Waals surface area contributed by atoms with Crippen molar-refractivity contribution in [2.75, 3.05) is 20.1 Å². The molecule has 1 aromatic carbocycles. The van der Waals surface area contributed by atoms with Crippen LogP contribution >= 0.6 is 0 Å². The van der Waals surface area contributed by atoms with Crippen molar-refractivity contribution in [3.05, 3.63) is 44.5 Å². The predicted molar refractivity (Wildman–Crippen MR) is 79.0 cm³/mol. The number of carboxylic acids is 1. The van der Waals surface area contributed by atoms with Gasteiger partial charge in [0.15, 0.2) is 0 Å². The van der Waals surface area contributed by atoms with Crippen LogP contribution in [0, 0.1) is 0 Å². The highest BCUT2D eigenvalue weighted by Gasteiger charge is 2.11. The Morgan fingerprint density at radius 1 is 1.38 bits per heavy atom. The number of nitrogens with zero attached hydrogens (tertiary/aromatic N) is 2. The summed E-state index contributed by atoms with van der Waals surface area (Å²) in [5.74, 6) is -1.08. The number of carbonyl (C=O) groups is 1. The predicted octanol–water partition coefficient (Wildman–Crippen LogP) is 0.340. The first-order valence-electron chi connectivity index (χ1n) is 6.62. The van der Waals surface area contributed by atoms with E-state index >= 15 is 0 Å². The van der Waals surface area contributed by atoms with Gasteiger partial charge >= 0.3 is 17.1 Å². The number of nitrogens with one attached hydrogen (secondary N) is 1. The highest BCUT2D eigenvalue weighted by Crippen LogP contribution is 2.11. The maximum atomic E-state index is 12.0. The second-order valence-electron chi connectivity index (χ2n) is 4.84. The molecular weight excluding hydrogens is 274 g/mol. The number of hydrogen-bond acceptors (Lipinski definition) is 4. The van der Waals surface area contributed by atoms with E-state index in [0.717, 1.165) is 6.54 Å². The standard InChI is InChI=1S/C14H17N3O4/c1-3-16(2)6-7-17-11-5-4-9(14(20)21)8-10(11)15-12(18)13(17)19/h4-5,8H,3,6-7H2,1-2H3,(H,15,18)(H,20,21). The summed E-state index contributed by atoms with van der Waals surface area (Å²) in [7, 11) is 1.92. The molecule has 0 atom stereocenters. The number of aromatic amines is 1. The van der Waals surface area contributed by atoms with E-state index in [9.17, 15) is 14.4 Å². The summed E-state index contributed by atoms with van der Waals surface area (Å²) in [4.78, 5) is 39.1. The molecule has 0 radical (unpaired) electrons. The highest BCUT2D eigenvalue weighted by atomic mass is 16.4. The Kier molecular flexibility index (Phi) is 4.23. The van der Waals surface area contributed by atoms with Crippen molar-refractivity contribution in [1.29, 1.82) is 0 Å². The Bertz CT molecular complexity index is 791. The number of hydrogen-bond donors (Lipinski definition) is 2. The van der Waals surface area contributed by atoms with Gasteiger partial charge < -0.3 is 19.6 Å². The highest BCUT2D eigenvalue weighted by molar-refractivity contribution is 5.92. The third-order valence-electron chi connectivity index (χ3n) is 3.47. The average Bonchev–Trinajstić information content (AvgIpc) is 2.46. The molecule has 0 aliphatic heterocycles. The molecule has 2 N–H and O–H groups in total. The molecule has 0 aliphatic carbocycles. The molecule has 0 fully saturated rings. The number of fused-ring (bicyclic) bond motifs is 1. The number of H-pyrrole nitrogens is 1. The van der Waals surface area contributed by atoms with Crippen molar-refractivity contribution in [3.63, 3.8) is 0 Å². The topological polar surface area (TPSA) is 95.4 Å². The Balaban J connectivity index is 2.57. The van der Waals surface area contributed by atoms with Gasteiger partial charge in [0.2, 0.25) is 0 Å². The van der Waals surface area contributed by atoms with Crippen LogP contribution in [0.5, 0.6) is 0 Å². The molecule has 0 saturated heterocycles. The molecule has 1 aromatic heterocycles. The van der Waals surface area contributed by atoms with Crippen LogP contribution in [0.3, 0.4) is 0 Å². The molecule has 21 heavy (non-hydrogen) atoms. The first kappa shape index (κ1) is 15.0. The average molecular weight is 291 g/mol. The molecule has 7 heteroatoms. The van der Waals surface area contributed by atoms with Crippen LogP contribution < -0.4 is 11.1 Å². The molecule has 0 amide bonds. The summed E-state index contributed by atoms with van der Waals surface area (Å²) in [5.41, 5.74) is -0.443. The largest absolute Gasteiger partial charge is 0.478 e. The van der Waals surface area contributed by atoms with Crippen LogP contribution in [-0.2, 0) is 6.54 Å². The fourth-order valence-electron chi connectivity index (χ4n) is 2.06. The maximum absolute atomic E-state index is 12.0. The fraction of sp³-hybridized carbons (Fsp3) is 0.357. The molecule has 0 aliphatic rings. The summed E-state index contributed by atoms with van der Waals surface area (Å²) in [6.45, 7) is 3.82. The summed E-state index contributed by atoms with van der Waals surface area (Å²) in [6, 6.07) is 4.32. The van der Waals surface area contributed by atoms with Gasteiger partial charge in [0.05, 0.1) is 16.6 Å². The normalized spacial score (nSPS) is 11.2. The number of aromatic carboxylic acids is 1. The molecule has 2 rings (SSSR count). The zero-order chi connectivity index (χ0) is 15.6. The van der Waals surface area contributed by atoms with Crippen molar-refractivity contribution >= 4 is 17.0 Å². The minimum absolute atomic E-state index is 0.0639. The van der Waals surface area contributed by atoms with Crippen LogP contribution in [0.2, 0.25) is 0 Å². The van der Waals surface area contributed by atoms with Gasteiger partial charge in [-0.1, -0.05) is 6.92 Å². The Labute approximate surface area is 120 Å². The van der Waals surface area contributed by atoms with Gasteiger partial charge in [0.1, 0.15) is 0 Å². The molecular formula is C14H17N3O4. The van der Waals surface area contributed by atoms with Gasteiger partial charge in [-0.15, -0.1) is 0 Å². The molecule has 0 bridgehead atoms. The van der Waals surface area contributed by atoms with E-state index in [1.807, 2.05) is 18.9 Å². The molecule has 0 saturated carbocycles. The molecule has 0 spiro atoms. The smallest absolute Gasteiger partial charge is 0.335 e. The van der Waals surface area contributed by atoms with Gasteiger partial charge in [0, 0.05) is 13.1 Å². The molecule has 1 heterocycles. The van der Waals surface area contributed by atoms with Crippen molar-refractivity contribution in [2.24, 2.45) is 0 Å². The number of rotatable bonds is 5. The minimum atomic E-state index is -1.08. The van der Waals surface area contributed by atoms with Gasteiger partial charge in [-0.3, -0.25) is 9.59 Å². The van der Waals surface area contributed by atoms with E-state index in [-0.39, 0.29) is 5.56 Å². The summed E-state index contributed by atoms with van der Waals surface area (Å²) >= 11 is 0. The number of carboxylic acid groups (broad SMARTS) is 1. The van der Waals surface area contributed by atoms with Crippen molar-refractivity contribution in [1.82, 2.24) is 14.5 Å². The van der Waals surface area contributed by atoms with E-state index in [1.54, 1.807) is 6.07 Å². The first-order chi connectivity index (χ1) is 9.93. The lowest BCUT2D eigenvalue weighted by Crippen LogP contribution is -2.38. The zero-order valence-corrected chi connectivity index (χ0v) is 11.9. The molecule has 112 valence electrons. The first-order valence-corrected chi connectivity index (χ1v) is 6.62. The number of aromatic nitrogens is 2. The molecule has 0 unspecified atom stereocenters. The summed E-state index contributed by atoms with van der Waals surface area (Å²) in [6.07, 6.45) is 0. The van der Waals surface area contributed by atoms with Gasteiger partial charge in [-0.05, 0) is 31.8 Å². The van der Waals surface area contributed by atoms with Crippen molar-refractivity contribution in [2.45, 2.75) is 13.5 Å². The second-order valence-corrected chi connectivity index (χ2v) is 4.84. The van der Waals surface area contributed by atoms with E-state index in [0.29, 0.717) is 24.1 Å². The number of likely N-dealkylation sites (N-methyl/N-ethyl adjacent to an activating group) is 1. The van der Waals surface area contributed by atoms with Crippen LogP contribution in [0.4, 0.5) is 0 Å². The lowest BCUT2D eigenvalue weighted by atomic mass is 10.2. The maximum Gasteiger partial charge on any atom is 0.335 e. The van der Waals surface area contributed by atoms with Gasteiger partial charge in [0.25, 0.3) is 0 Å². The van der Waals surface area contributed by atoms with Crippen LogP contribution in [-0.4, -0.2) is 45.7 Å². The van der Waals surface area contributed by atoms with E-state index < -0.39 is 17.1 Å². The molecule has 7 nitrogen and oxygen atoms in total. The lowest BCUT2D eigenvalue weighted by Gasteiger charge is -2.16. The third kappa shape index (κ3) is 3.03. The van der Waals surface area contributed by atoms with E-state index in [2.05, 4.69) is 4.98 Å². The quantitative estimate of drug-likeness (QED) is 0.775. The number of benzene rings is 1. The van der Waals surface area contributed by atoms with Gasteiger partial charge in [-0.25, -0.2) is 4.79 Å². The second kappa shape index (κ2) is 5.92. The minimum Gasteiger partial charge on any atom is -0.478 e. The van der Waals surface area contributed by atoms with Crippen LogP contribution in [0.25, 0.3) is 11.0 Å². The summed E-state index contributed by atoms with van der Waals surface area (Å²) in [5, 5.41) is 8.98. The summed E-state index contributed by atoms with van der Waals surface area (Å²) < 4.78 is 1.38. The Hall–Kier alpha value is -2.41. The van der Waals surface area contributed by atoms with Crippen LogP contribution in [0.1, 0.15) is 17.3 Å². The van der Waals surface area contributed by atoms with Crippen molar-refractivity contribution in [3.8, 4) is 0 Å². The Morgan fingerprint density at radius 3 is 2.71 bits per heavy atom. The Morgan fingerprint density at radius 2 is 2.10 bits per heavy atom. The lowest BCUT2D eigenvalue weighted by molar-refractivity contribution is 0.0697. The van der Waals surface area contributed by atoms with E-state index in [4.69, 9.17) is 5.11 Å². The van der Waals surface area contributed by atoms with Gasteiger partial charge in [-0.2, -0.15) is 0 Å². The van der Waals surface area contributed by atoms with E-state index in [1.165, 1.54) is 16.7 Å². The van der Waals surface area contributed by atoms with Crippen molar-refractivity contribution < 1.29 is 9.90 Å². The molecule has 2 aromatic rings. The monoisotopic (exact) mass is 291 g/mol. The SMILES string of the molecule is CCN(C)CCn1c(=O)c(=O)[nH]c2cc(C(=O)O)ccc21. The fourth-order valence-corrected chi connectivity index (χ4v) is 2.06.